The number of benzene rings is 2. The van der Waals surface area contributed by atoms with E-state index in [1.54, 1.807) is 30.5 Å². The first-order chi connectivity index (χ1) is 24.4. The number of hydrogen-bond acceptors (Lipinski definition) is 8. The SMILES string of the molecule is CCCCCCC(=O)c1ccc(C[C@@H](N)C(=O)N[C@@H](CCCNC(=N)N)C(=O)N[C@@H](CS)C(=O)N[C@@H](Cc2c[nH]c3ccccc23)C(N)=O)cc1. The summed E-state index contributed by atoms with van der Waals surface area (Å²) in [7, 11) is 0. The van der Waals surface area contributed by atoms with Crippen LogP contribution < -0.4 is 38.5 Å². The van der Waals surface area contributed by atoms with Gasteiger partial charge in [-0.2, -0.15) is 12.6 Å². The number of nitrogens with one attached hydrogen (secondary N) is 6. The van der Waals surface area contributed by atoms with Crippen LogP contribution in [0.3, 0.4) is 0 Å². The number of unbranched alkanes of at least 4 members (excludes halogenated alkanes) is 3. The van der Waals surface area contributed by atoms with Gasteiger partial charge in [-0.3, -0.25) is 29.4 Å². The molecule has 0 radical (unpaired) electrons. The van der Waals surface area contributed by atoms with Crippen LogP contribution in [0, 0.1) is 5.41 Å². The molecule has 0 aliphatic carbocycles. The van der Waals surface area contributed by atoms with Crippen LogP contribution in [-0.4, -0.2) is 76.8 Å². The van der Waals surface area contributed by atoms with E-state index in [1.807, 2.05) is 24.3 Å². The Hall–Kier alpha value is -4.89. The smallest absolute Gasteiger partial charge is 0.244 e. The first-order valence-electron chi connectivity index (χ1n) is 17.2. The van der Waals surface area contributed by atoms with Crippen molar-refractivity contribution >= 4 is 58.9 Å². The summed E-state index contributed by atoms with van der Waals surface area (Å²) in [5, 5.41) is 18.8. The maximum atomic E-state index is 13.5. The number of nitrogens with two attached hydrogens (primary N) is 3. The molecule has 0 saturated carbocycles. The van der Waals surface area contributed by atoms with Gasteiger partial charge >= 0.3 is 0 Å². The summed E-state index contributed by atoms with van der Waals surface area (Å²) < 4.78 is 0. The largest absolute Gasteiger partial charge is 0.370 e. The van der Waals surface area contributed by atoms with Gasteiger partial charge in [0.05, 0.1) is 6.04 Å². The number of H-pyrrole nitrogens is 1. The third kappa shape index (κ3) is 13.1. The monoisotopic (exact) mass is 721 g/mol. The summed E-state index contributed by atoms with van der Waals surface area (Å²) in [5.74, 6) is -2.97. The van der Waals surface area contributed by atoms with E-state index in [1.165, 1.54) is 0 Å². The molecular formula is C36H51N9O5S. The van der Waals surface area contributed by atoms with Crippen LogP contribution in [0.4, 0.5) is 0 Å². The van der Waals surface area contributed by atoms with E-state index in [-0.39, 0.29) is 43.3 Å². The molecule has 0 unspecified atom stereocenters. The molecule has 3 rings (SSSR count). The van der Waals surface area contributed by atoms with E-state index in [0.717, 1.165) is 47.7 Å². The van der Waals surface area contributed by atoms with Crippen molar-refractivity contribution in [3.63, 3.8) is 0 Å². The molecule has 0 aliphatic rings. The Bertz CT molecular complexity index is 1650. The number of thiol groups is 1. The number of guanidine groups is 1. The highest BCUT2D eigenvalue weighted by Crippen LogP contribution is 2.19. The minimum absolute atomic E-state index is 0.0699. The maximum absolute atomic E-state index is 13.5. The number of ketones is 1. The number of para-hydroxylation sites is 1. The minimum atomic E-state index is -1.16. The Morgan fingerprint density at radius 2 is 1.49 bits per heavy atom. The maximum Gasteiger partial charge on any atom is 0.244 e. The summed E-state index contributed by atoms with van der Waals surface area (Å²) >= 11 is 4.25. The predicted octanol–water partition coefficient (Wildman–Crippen LogP) is 1.57. The van der Waals surface area contributed by atoms with Crippen LogP contribution in [0.15, 0.2) is 54.7 Å². The fourth-order valence-corrected chi connectivity index (χ4v) is 5.85. The molecule has 2 aromatic carbocycles. The lowest BCUT2D eigenvalue weighted by Gasteiger charge is -2.25. The van der Waals surface area contributed by atoms with Crippen molar-refractivity contribution in [2.45, 2.75) is 88.9 Å². The summed E-state index contributed by atoms with van der Waals surface area (Å²) in [4.78, 5) is 68.0. The molecule has 0 spiro atoms. The van der Waals surface area contributed by atoms with Gasteiger partial charge in [-0.15, -0.1) is 0 Å². The summed E-state index contributed by atoms with van der Waals surface area (Å²) in [6, 6.07) is 10.1. The van der Waals surface area contributed by atoms with E-state index in [2.05, 4.69) is 45.8 Å². The number of fused-ring (bicyclic) bond motifs is 1. The number of rotatable bonds is 22. The van der Waals surface area contributed by atoms with Gasteiger partial charge in [-0.25, -0.2) is 0 Å². The quantitative estimate of drug-likeness (QED) is 0.0239. The lowest BCUT2D eigenvalue weighted by Crippen LogP contribution is -2.58. The van der Waals surface area contributed by atoms with Gasteiger partial charge in [0.25, 0.3) is 0 Å². The normalized spacial score (nSPS) is 13.4. The van der Waals surface area contributed by atoms with Crippen molar-refractivity contribution in [2.75, 3.05) is 12.3 Å². The average molecular weight is 722 g/mol. The van der Waals surface area contributed by atoms with Crippen molar-refractivity contribution < 1.29 is 24.0 Å². The second-order valence-electron chi connectivity index (χ2n) is 12.6. The molecule has 12 N–H and O–H groups in total. The fourth-order valence-electron chi connectivity index (χ4n) is 5.59. The number of hydrogen-bond donors (Lipinski definition) is 10. The molecule has 0 aliphatic heterocycles. The molecule has 1 aromatic heterocycles. The molecule has 4 amide bonds. The Balaban J connectivity index is 1.63. The van der Waals surface area contributed by atoms with Gasteiger partial charge in [0.15, 0.2) is 11.7 Å². The molecule has 0 saturated heterocycles. The van der Waals surface area contributed by atoms with Gasteiger partial charge in [0.2, 0.25) is 23.6 Å². The predicted molar refractivity (Wildman–Crippen MR) is 201 cm³/mol. The average Bonchev–Trinajstić information content (AvgIpc) is 3.52. The number of aromatic amines is 1. The highest BCUT2D eigenvalue weighted by atomic mass is 32.1. The number of Topliss-reactive ketones (excluding diaryl/α,β-unsaturated/α-hetero) is 1. The van der Waals surface area contributed by atoms with Crippen LogP contribution in [0.1, 0.15) is 73.4 Å². The standard InChI is InChI=1S/C36H51N9O5S/c1-2-3-4-5-12-31(46)23-15-13-22(14-16-23)18-26(37)33(48)43-28(11-8-17-41-36(39)40)34(49)45-30(21-51)35(50)44-29(32(38)47)19-24-20-42-27-10-7-6-9-25(24)27/h6-7,9-10,13-16,20,26,28-30,42,51H,2-5,8,11-12,17-19,21,37H2,1H3,(H2,38,47)(H,43,48)(H,44,50)(H,45,49)(H4,39,40,41)/t26-,28+,29+,30+/m1/s1. The molecule has 0 bridgehead atoms. The van der Waals surface area contributed by atoms with Crippen molar-refractivity contribution in [1.82, 2.24) is 26.3 Å². The Morgan fingerprint density at radius 1 is 0.824 bits per heavy atom. The molecule has 276 valence electrons. The molecule has 51 heavy (non-hydrogen) atoms. The van der Waals surface area contributed by atoms with E-state index in [9.17, 15) is 24.0 Å². The third-order valence-corrected chi connectivity index (χ3v) is 8.88. The van der Waals surface area contributed by atoms with Crippen molar-refractivity contribution in [2.24, 2.45) is 17.2 Å². The summed E-state index contributed by atoms with van der Waals surface area (Å²) in [6.45, 7) is 2.38. The fraction of sp³-hybridized carbons (Fsp3) is 0.444. The van der Waals surface area contributed by atoms with Gasteiger partial charge in [0, 0.05) is 47.8 Å². The highest BCUT2D eigenvalue weighted by Gasteiger charge is 2.30. The zero-order valence-corrected chi connectivity index (χ0v) is 29.9. The number of primary amides is 1. The Kier molecular flexibility index (Phi) is 16.5. The number of carbonyl (C=O) groups excluding carboxylic acids is 5. The first-order valence-corrected chi connectivity index (χ1v) is 17.9. The van der Waals surface area contributed by atoms with Gasteiger partial charge < -0.3 is 43.5 Å². The van der Waals surface area contributed by atoms with E-state index in [4.69, 9.17) is 22.6 Å². The lowest BCUT2D eigenvalue weighted by molar-refractivity contribution is -0.133. The zero-order valence-electron chi connectivity index (χ0n) is 29.0. The van der Waals surface area contributed by atoms with E-state index in [0.29, 0.717) is 18.4 Å². The van der Waals surface area contributed by atoms with Crippen LogP contribution in [-0.2, 0) is 32.0 Å². The minimum Gasteiger partial charge on any atom is -0.370 e. The van der Waals surface area contributed by atoms with Crippen molar-refractivity contribution in [1.29, 1.82) is 5.41 Å². The van der Waals surface area contributed by atoms with Crippen molar-refractivity contribution in [3.05, 3.63) is 71.4 Å². The van der Waals surface area contributed by atoms with Crippen molar-refractivity contribution in [3.8, 4) is 0 Å². The molecule has 15 heteroatoms. The summed E-state index contributed by atoms with van der Waals surface area (Å²) in [5.41, 5.74) is 20.2. The van der Waals surface area contributed by atoms with Crippen LogP contribution >= 0.6 is 12.6 Å². The van der Waals surface area contributed by atoms with E-state index < -0.39 is 47.8 Å². The van der Waals surface area contributed by atoms with Crippen LogP contribution in [0.2, 0.25) is 0 Å². The van der Waals surface area contributed by atoms with E-state index >= 15 is 0 Å². The zero-order chi connectivity index (χ0) is 37.3. The molecule has 4 atom stereocenters. The lowest BCUT2D eigenvalue weighted by atomic mass is 10.00. The first kappa shape index (κ1) is 40.5. The third-order valence-electron chi connectivity index (χ3n) is 8.52. The Labute approximate surface area is 303 Å². The molecule has 1 heterocycles. The van der Waals surface area contributed by atoms with Gasteiger partial charge in [-0.1, -0.05) is 68.7 Å². The number of aromatic nitrogens is 1. The Morgan fingerprint density at radius 3 is 2.16 bits per heavy atom. The highest BCUT2D eigenvalue weighted by molar-refractivity contribution is 7.80. The number of carbonyl (C=O) groups is 5. The number of amides is 4. The second kappa shape index (κ2) is 20.7. The molecule has 3 aromatic rings. The molecular weight excluding hydrogens is 671 g/mol. The van der Waals surface area contributed by atoms with Gasteiger partial charge in [-0.05, 0) is 42.9 Å². The summed E-state index contributed by atoms with van der Waals surface area (Å²) in [6.07, 6.45) is 7.03. The van der Waals surface area contributed by atoms with Crippen LogP contribution in [0.5, 0.6) is 0 Å². The second-order valence-corrected chi connectivity index (χ2v) is 12.9. The topological polar surface area (TPSA) is 251 Å². The van der Waals surface area contributed by atoms with Crippen LogP contribution in [0.25, 0.3) is 10.9 Å². The van der Waals surface area contributed by atoms with Gasteiger partial charge in [0.1, 0.15) is 18.1 Å². The molecule has 14 nitrogen and oxygen atoms in total. The molecule has 0 fully saturated rings.